The number of carbonyl (C=O) groups is 1. The fraction of sp³-hybridized carbons (Fsp3) is 0.429. The average Bonchev–Trinajstić information content (AvgIpc) is 2.89. The smallest absolute Gasteiger partial charge is 0.262 e. The predicted octanol–water partition coefficient (Wildman–Crippen LogP) is 1.35. The first kappa shape index (κ1) is 13.3. The fourth-order valence-corrected chi connectivity index (χ4v) is 2.88. The molecule has 0 radical (unpaired) electrons. The van der Waals surface area contributed by atoms with Gasteiger partial charge >= 0.3 is 0 Å². The first-order chi connectivity index (χ1) is 9.56. The van der Waals surface area contributed by atoms with E-state index in [1.165, 1.54) is 11.1 Å². The van der Waals surface area contributed by atoms with Crippen molar-refractivity contribution in [2.75, 3.05) is 0 Å². The zero-order valence-electron chi connectivity index (χ0n) is 11.5. The van der Waals surface area contributed by atoms with Crippen LogP contribution in [0.25, 0.3) is 0 Å². The standard InChI is InChI=1S/C14H18N4OS/c1-8(2)9-3-5-10(6-4-9)11-7-12-13(19)15-16-14(20)18(12)17-11/h3-6,8,11-12,17H,7H2,1-2H3,(H,15,19)(H,16,20). The highest BCUT2D eigenvalue weighted by molar-refractivity contribution is 7.80. The Hall–Kier alpha value is -1.66. The van der Waals surface area contributed by atoms with Gasteiger partial charge in [-0.1, -0.05) is 38.1 Å². The van der Waals surface area contributed by atoms with Crippen molar-refractivity contribution in [1.82, 2.24) is 21.3 Å². The number of fused-ring (bicyclic) bond motifs is 1. The van der Waals surface area contributed by atoms with Crippen LogP contribution in [0.15, 0.2) is 24.3 Å². The van der Waals surface area contributed by atoms with E-state index in [1.54, 1.807) is 5.01 Å². The number of rotatable bonds is 2. The number of hydrogen-bond donors (Lipinski definition) is 3. The van der Waals surface area contributed by atoms with Crippen molar-refractivity contribution in [2.24, 2.45) is 0 Å². The zero-order chi connectivity index (χ0) is 14.3. The number of carbonyl (C=O) groups excluding carboxylic acids is 1. The number of hydrogen-bond acceptors (Lipinski definition) is 3. The molecule has 0 aromatic heterocycles. The van der Waals surface area contributed by atoms with Crippen molar-refractivity contribution in [3.05, 3.63) is 35.4 Å². The van der Waals surface area contributed by atoms with Crippen LogP contribution >= 0.6 is 12.2 Å². The molecule has 2 saturated heterocycles. The Bertz CT molecular complexity index is 519. The number of nitrogens with one attached hydrogen (secondary N) is 3. The third-order valence-electron chi connectivity index (χ3n) is 3.89. The number of amides is 1. The number of hydrazine groups is 2. The van der Waals surface area contributed by atoms with Gasteiger partial charge in [0.1, 0.15) is 6.04 Å². The Kier molecular flexibility index (Phi) is 3.35. The maximum absolute atomic E-state index is 11.8. The Morgan fingerprint density at radius 3 is 2.55 bits per heavy atom. The van der Waals surface area contributed by atoms with Gasteiger partial charge < -0.3 is 0 Å². The van der Waals surface area contributed by atoms with Crippen LogP contribution in [0, 0.1) is 0 Å². The van der Waals surface area contributed by atoms with E-state index in [0.717, 1.165) is 0 Å². The second-order valence-electron chi connectivity index (χ2n) is 5.54. The van der Waals surface area contributed by atoms with Crippen LogP contribution in [0.1, 0.15) is 43.4 Å². The summed E-state index contributed by atoms with van der Waals surface area (Å²) in [4.78, 5) is 11.8. The molecule has 1 aromatic carbocycles. The third-order valence-corrected chi connectivity index (χ3v) is 4.18. The maximum atomic E-state index is 11.8. The number of benzene rings is 1. The van der Waals surface area contributed by atoms with Gasteiger partial charge in [0.15, 0.2) is 0 Å². The molecule has 1 amide bonds. The summed E-state index contributed by atoms with van der Waals surface area (Å²) in [5, 5.41) is 2.26. The zero-order valence-corrected chi connectivity index (χ0v) is 12.3. The van der Waals surface area contributed by atoms with Crippen LogP contribution in [0.5, 0.6) is 0 Å². The molecule has 106 valence electrons. The van der Waals surface area contributed by atoms with Gasteiger partial charge in [0, 0.05) is 0 Å². The molecule has 6 heteroatoms. The Morgan fingerprint density at radius 2 is 1.95 bits per heavy atom. The molecular weight excluding hydrogens is 272 g/mol. The summed E-state index contributed by atoms with van der Waals surface area (Å²) < 4.78 is 0. The van der Waals surface area contributed by atoms with E-state index < -0.39 is 0 Å². The van der Waals surface area contributed by atoms with Gasteiger partial charge in [-0.25, -0.2) is 5.43 Å². The summed E-state index contributed by atoms with van der Waals surface area (Å²) in [7, 11) is 0. The van der Waals surface area contributed by atoms with E-state index in [-0.39, 0.29) is 18.0 Å². The molecule has 2 aliphatic rings. The van der Waals surface area contributed by atoms with E-state index in [0.29, 0.717) is 17.5 Å². The highest BCUT2D eigenvalue weighted by atomic mass is 32.1. The van der Waals surface area contributed by atoms with Gasteiger partial charge in [0.25, 0.3) is 5.91 Å². The van der Waals surface area contributed by atoms with Crippen LogP contribution in [0.4, 0.5) is 0 Å². The molecule has 3 rings (SSSR count). The molecule has 20 heavy (non-hydrogen) atoms. The molecule has 3 N–H and O–H groups in total. The molecule has 0 saturated carbocycles. The predicted molar refractivity (Wildman–Crippen MR) is 80.5 cm³/mol. The molecule has 0 spiro atoms. The van der Waals surface area contributed by atoms with Crippen molar-refractivity contribution in [2.45, 2.75) is 38.3 Å². The molecule has 5 nitrogen and oxygen atoms in total. The Labute approximate surface area is 123 Å². The van der Waals surface area contributed by atoms with Gasteiger partial charge in [0.2, 0.25) is 5.11 Å². The molecular formula is C14H18N4OS. The first-order valence-corrected chi connectivity index (χ1v) is 7.22. The normalized spacial score (nSPS) is 25.4. The fourth-order valence-electron chi connectivity index (χ4n) is 2.65. The van der Waals surface area contributed by atoms with E-state index in [2.05, 4.69) is 54.4 Å². The summed E-state index contributed by atoms with van der Waals surface area (Å²) in [6.07, 6.45) is 0.717. The maximum Gasteiger partial charge on any atom is 0.262 e. The van der Waals surface area contributed by atoms with Gasteiger partial charge in [-0.15, -0.1) is 0 Å². The lowest BCUT2D eigenvalue weighted by Crippen LogP contribution is -2.63. The highest BCUT2D eigenvalue weighted by Crippen LogP contribution is 2.29. The summed E-state index contributed by atoms with van der Waals surface area (Å²) >= 11 is 5.19. The average molecular weight is 290 g/mol. The van der Waals surface area contributed by atoms with E-state index in [9.17, 15) is 4.79 Å². The summed E-state index contributed by atoms with van der Waals surface area (Å²) in [6, 6.07) is 8.42. The van der Waals surface area contributed by atoms with Crippen molar-refractivity contribution < 1.29 is 4.79 Å². The molecule has 2 atom stereocenters. The largest absolute Gasteiger partial charge is 0.273 e. The monoisotopic (exact) mass is 290 g/mol. The molecule has 2 unspecified atom stereocenters. The van der Waals surface area contributed by atoms with Crippen LogP contribution in [-0.4, -0.2) is 22.1 Å². The molecule has 0 aliphatic carbocycles. The van der Waals surface area contributed by atoms with Crippen molar-refractivity contribution in [3.63, 3.8) is 0 Å². The molecule has 0 bridgehead atoms. The van der Waals surface area contributed by atoms with Gasteiger partial charge in [0.05, 0.1) is 6.04 Å². The lowest BCUT2D eigenvalue weighted by molar-refractivity contribution is -0.126. The van der Waals surface area contributed by atoms with Crippen molar-refractivity contribution >= 4 is 23.2 Å². The van der Waals surface area contributed by atoms with Gasteiger partial charge in [-0.3, -0.25) is 20.7 Å². The van der Waals surface area contributed by atoms with Gasteiger partial charge in [-0.2, -0.15) is 0 Å². The number of nitrogens with zero attached hydrogens (tertiary/aromatic N) is 1. The Morgan fingerprint density at radius 1 is 1.25 bits per heavy atom. The topological polar surface area (TPSA) is 56.4 Å². The second kappa shape index (κ2) is 5.03. The van der Waals surface area contributed by atoms with E-state index in [1.807, 2.05) is 0 Å². The van der Waals surface area contributed by atoms with Crippen LogP contribution in [-0.2, 0) is 4.79 Å². The minimum Gasteiger partial charge on any atom is -0.273 e. The van der Waals surface area contributed by atoms with Gasteiger partial charge in [-0.05, 0) is 35.7 Å². The van der Waals surface area contributed by atoms with Crippen molar-refractivity contribution in [1.29, 1.82) is 0 Å². The lowest BCUT2D eigenvalue weighted by Gasteiger charge is -2.31. The van der Waals surface area contributed by atoms with E-state index >= 15 is 0 Å². The minimum absolute atomic E-state index is 0.0487. The minimum atomic E-state index is -0.237. The Balaban J connectivity index is 1.79. The van der Waals surface area contributed by atoms with Crippen LogP contribution < -0.4 is 16.3 Å². The van der Waals surface area contributed by atoms with Crippen LogP contribution in [0.3, 0.4) is 0 Å². The van der Waals surface area contributed by atoms with E-state index in [4.69, 9.17) is 12.2 Å². The second-order valence-corrected chi connectivity index (χ2v) is 5.93. The first-order valence-electron chi connectivity index (χ1n) is 6.81. The molecule has 2 heterocycles. The SMILES string of the molecule is CC(C)c1ccc(C2CC3C(=O)NNC(=S)N3N2)cc1. The number of thiocarbonyl (C=S) groups is 1. The van der Waals surface area contributed by atoms with Crippen LogP contribution in [0.2, 0.25) is 0 Å². The molecule has 1 aromatic rings. The summed E-state index contributed by atoms with van der Waals surface area (Å²) in [6.45, 7) is 4.36. The highest BCUT2D eigenvalue weighted by Gasteiger charge is 2.41. The summed E-state index contributed by atoms with van der Waals surface area (Å²) in [5.41, 5.74) is 11.1. The summed E-state index contributed by atoms with van der Waals surface area (Å²) in [5.74, 6) is 0.474. The molecule has 2 aliphatic heterocycles. The lowest BCUT2D eigenvalue weighted by atomic mass is 9.97. The molecule has 2 fully saturated rings. The third kappa shape index (κ3) is 2.25. The van der Waals surface area contributed by atoms with Crippen molar-refractivity contribution in [3.8, 4) is 0 Å². The quantitative estimate of drug-likeness (QED) is 0.718.